The number of aromatic amines is 1. The van der Waals surface area contributed by atoms with Crippen LogP contribution in [0.4, 0.5) is 18.9 Å². The van der Waals surface area contributed by atoms with E-state index < -0.39 is 17.6 Å². The number of carbonyl (C=O) groups is 1. The van der Waals surface area contributed by atoms with Crippen molar-refractivity contribution < 1.29 is 18.0 Å². The number of H-pyrrole nitrogens is 1. The molecule has 1 atom stereocenters. The highest BCUT2D eigenvalue weighted by atomic mass is 19.4. The van der Waals surface area contributed by atoms with Gasteiger partial charge in [0.05, 0.1) is 24.1 Å². The van der Waals surface area contributed by atoms with Crippen LogP contribution in [0.1, 0.15) is 51.3 Å². The van der Waals surface area contributed by atoms with Gasteiger partial charge in [0.15, 0.2) is 0 Å². The predicted octanol–water partition coefficient (Wildman–Crippen LogP) is 5.24. The molecule has 1 N–H and O–H groups in total. The Bertz CT molecular complexity index is 1070. The molecule has 0 spiro atoms. The van der Waals surface area contributed by atoms with Gasteiger partial charge in [-0.05, 0) is 54.7 Å². The first-order chi connectivity index (χ1) is 13.8. The highest BCUT2D eigenvalue weighted by Gasteiger charge is 2.39. The number of benzene rings is 2. The molecule has 0 aliphatic carbocycles. The van der Waals surface area contributed by atoms with Gasteiger partial charge in [0.1, 0.15) is 0 Å². The fourth-order valence-corrected chi connectivity index (χ4v) is 3.81. The first-order valence-electron chi connectivity index (χ1n) is 9.35. The summed E-state index contributed by atoms with van der Waals surface area (Å²) in [6, 6.07) is 11.2. The van der Waals surface area contributed by atoms with Crippen LogP contribution in [-0.4, -0.2) is 15.9 Å². The average molecular weight is 399 g/mol. The molecule has 1 aliphatic heterocycles. The number of alkyl halides is 3. The van der Waals surface area contributed by atoms with Crippen LogP contribution >= 0.6 is 0 Å². The summed E-state index contributed by atoms with van der Waals surface area (Å²) in [5, 5.41) is 0. The van der Waals surface area contributed by atoms with E-state index >= 15 is 0 Å². The molecule has 3 aromatic rings. The zero-order chi connectivity index (χ0) is 20.8. The molecule has 2 aromatic carbocycles. The number of rotatable bonds is 4. The number of amides is 1. The Labute approximate surface area is 166 Å². The van der Waals surface area contributed by atoms with Crippen LogP contribution in [0.3, 0.4) is 0 Å². The SMILES string of the molecule is Cc1[nH]cnc1C[C@H](C)c1cccc(N2Cc3c(cccc3C(F)(F)F)C2=O)c1. The maximum atomic E-state index is 13.3. The molecule has 0 radical (unpaired) electrons. The van der Waals surface area contributed by atoms with Crippen LogP contribution in [0, 0.1) is 6.92 Å². The second kappa shape index (κ2) is 7.06. The molecule has 0 unspecified atom stereocenters. The van der Waals surface area contributed by atoms with Crippen molar-refractivity contribution in [2.24, 2.45) is 0 Å². The zero-order valence-electron chi connectivity index (χ0n) is 16.0. The fraction of sp³-hybridized carbons (Fsp3) is 0.273. The third kappa shape index (κ3) is 3.52. The van der Waals surface area contributed by atoms with E-state index in [1.807, 2.05) is 25.1 Å². The summed E-state index contributed by atoms with van der Waals surface area (Å²) in [6.07, 6.45) is -2.10. The van der Waals surface area contributed by atoms with E-state index in [9.17, 15) is 18.0 Å². The number of fused-ring (bicyclic) bond motifs is 1. The van der Waals surface area contributed by atoms with E-state index in [1.165, 1.54) is 17.0 Å². The minimum atomic E-state index is -4.49. The number of aryl methyl sites for hydroxylation is 1. The van der Waals surface area contributed by atoms with Crippen molar-refractivity contribution in [2.45, 2.75) is 38.9 Å². The number of nitrogens with zero attached hydrogens (tertiary/aromatic N) is 2. The topological polar surface area (TPSA) is 49.0 Å². The van der Waals surface area contributed by atoms with Crippen LogP contribution in [0.25, 0.3) is 0 Å². The highest BCUT2D eigenvalue weighted by Crippen LogP contribution is 2.38. The van der Waals surface area contributed by atoms with Crippen LogP contribution < -0.4 is 4.90 Å². The first-order valence-corrected chi connectivity index (χ1v) is 9.35. The first kappa shape index (κ1) is 19.2. The van der Waals surface area contributed by atoms with Crippen molar-refractivity contribution in [3.8, 4) is 0 Å². The third-order valence-electron chi connectivity index (χ3n) is 5.46. The maximum absolute atomic E-state index is 13.3. The zero-order valence-corrected chi connectivity index (χ0v) is 16.0. The fourth-order valence-electron chi connectivity index (χ4n) is 3.81. The molecule has 1 amide bonds. The molecular weight excluding hydrogens is 379 g/mol. The molecule has 2 heterocycles. The number of carbonyl (C=O) groups excluding carboxylic acids is 1. The summed E-state index contributed by atoms with van der Waals surface area (Å²) < 4.78 is 40.0. The maximum Gasteiger partial charge on any atom is 0.416 e. The van der Waals surface area contributed by atoms with Crippen molar-refractivity contribution in [3.63, 3.8) is 0 Å². The van der Waals surface area contributed by atoms with Gasteiger partial charge in [-0.25, -0.2) is 4.98 Å². The van der Waals surface area contributed by atoms with Gasteiger partial charge in [-0.3, -0.25) is 4.79 Å². The number of halogens is 3. The molecule has 4 nitrogen and oxygen atoms in total. The van der Waals surface area contributed by atoms with E-state index in [-0.39, 0.29) is 23.6 Å². The van der Waals surface area contributed by atoms with Crippen molar-refractivity contribution in [1.29, 1.82) is 0 Å². The van der Waals surface area contributed by atoms with Gasteiger partial charge < -0.3 is 9.88 Å². The number of hydrogen-bond acceptors (Lipinski definition) is 2. The quantitative estimate of drug-likeness (QED) is 0.652. The Balaban J connectivity index is 1.62. The predicted molar refractivity (Wildman–Crippen MR) is 104 cm³/mol. The third-order valence-corrected chi connectivity index (χ3v) is 5.46. The normalized spacial score (nSPS) is 14.9. The van der Waals surface area contributed by atoms with Gasteiger partial charge >= 0.3 is 6.18 Å². The number of aromatic nitrogens is 2. The van der Waals surface area contributed by atoms with Crippen LogP contribution in [-0.2, 0) is 19.1 Å². The van der Waals surface area contributed by atoms with Gasteiger partial charge in [0.2, 0.25) is 0 Å². The number of imidazole rings is 1. The lowest BCUT2D eigenvalue weighted by molar-refractivity contribution is -0.138. The number of anilines is 1. The second-order valence-electron chi connectivity index (χ2n) is 7.40. The van der Waals surface area contributed by atoms with Gasteiger partial charge in [-0.2, -0.15) is 13.2 Å². The molecular formula is C22H20F3N3O. The van der Waals surface area contributed by atoms with E-state index in [0.29, 0.717) is 5.69 Å². The molecule has 150 valence electrons. The molecule has 1 aliphatic rings. The molecule has 1 aromatic heterocycles. The Morgan fingerprint density at radius 1 is 1.21 bits per heavy atom. The molecule has 0 bridgehead atoms. The Morgan fingerprint density at radius 2 is 1.97 bits per heavy atom. The summed E-state index contributed by atoms with van der Waals surface area (Å²) in [7, 11) is 0. The van der Waals surface area contributed by atoms with Crippen molar-refractivity contribution >= 4 is 11.6 Å². The molecule has 4 rings (SSSR count). The summed E-state index contributed by atoms with van der Waals surface area (Å²) in [4.78, 5) is 21.6. The minimum Gasteiger partial charge on any atom is -0.348 e. The molecule has 0 saturated carbocycles. The molecule has 0 fully saturated rings. The Kier molecular flexibility index (Phi) is 4.68. The monoisotopic (exact) mass is 399 g/mol. The van der Waals surface area contributed by atoms with Crippen LogP contribution in [0.5, 0.6) is 0 Å². The molecule has 29 heavy (non-hydrogen) atoms. The molecule has 0 saturated heterocycles. The average Bonchev–Trinajstić information content (AvgIpc) is 3.24. The lowest BCUT2D eigenvalue weighted by Crippen LogP contribution is -2.23. The number of nitrogens with one attached hydrogen (secondary N) is 1. The highest BCUT2D eigenvalue weighted by molar-refractivity contribution is 6.10. The van der Waals surface area contributed by atoms with E-state index in [2.05, 4.69) is 16.9 Å². The minimum absolute atomic E-state index is 0.0376. The van der Waals surface area contributed by atoms with E-state index in [1.54, 1.807) is 12.4 Å². The van der Waals surface area contributed by atoms with Crippen LogP contribution in [0.15, 0.2) is 48.8 Å². The van der Waals surface area contributed by atoms with E-state index in [0.717, 1.165) is 29.4 Å². The Morgan fingerprint density at radius 3 is 2.66 bits per heavy atom. The van der Waals surface area contributed by atoms with Crippen molar-refractivity contribution in [2.75, 3.05) is 4.90 Å². The summed E-state index contributed by atoms with van der Waals surface area (Å²) in [6.45, 7) is 3.94. The number of hydrogen-bond donors (Lipinski definition) is 1. The second-order valence-corrected chi connectivity index (χ2v) is 7.40. The van der Waals surface area contributed by atoms with E-state index in [4.69, 9.17) is 0 Å². The van der Waals surface area contributed by atoms with Gasteiger partial charge in [0, 0.05) is 16.9 Å². The van der Waals surface area contributed by atoms with Gasteiger partial charge in [-0.1, -0.05) is 25.1 Å². The smallest absolute Gasteiger partial charge is 0.348 e. The van der Waals surface area contributed by atoms with Gasteiger partial charge in [0.25, 0.3) is 5.91 Å². The van der Waals surface area contributed by atoms with Crippen molar-refractivity contribution in [3.05, 3.63) is 82.4 Å². The Hall–Kier alpha value is -3.09. The van der Waals surface area contributed by atoms with Crippen molar-refractivity contribution in [1.82, 2.24) is 9.97 Å². The standard InChI is InChI=1S/C22H20F3N3O/c1-13(9-20-14(2)26-12-27-20)15-5-3-6-16(10-15)28-11-18-17(21(28)29)7-4-8-19(18)22(23,24)25/h3-8,10,12-13H,9,11H2,1-2H3,(H,26,27)/t13-/m0/s1. The molecule has 7 heteroatoms. The van der Waals surface area contributed by atoms with Crippen LogP contribution in [0.2, 0.25) is 0 Å². The summed E-state index contributed by atoms with van der Waals surface area (Å²) in [5.41, 5.74) is 3.00. The van der Waals surface area contributed by atoms with Gasteiger partial charge in [-0.15, -0.1) is 0 Å². The lowest BCUT2D eigenvalue weighted by atomic mass is 9.95. The largest absolute Gasteiger partial charge is 0.416 e. The summed E-state index contributed by atoms with van der Waals surface area (Å²) in [5.74, 6) is -0.262. The lowest BCUT2D eigenvalue weighted by Gasteiger charge is -2.19. The summed E-state index contributed by atoms with van der Waals surface area (Å²) >= 11 is 0.